The summed E-state index contributed by atoms with van der Waals surface area (Å²) in [5.41, 5.74) is 4.35. The fraction of sp³-hybridized carbons (Fsp3) is 0.208. The molecule has 0 unspecified atom stereocenters. The Morgan fingerprint density at radius 1 is 1.15 bits per heavy atom. The predicted molar refractivity (Wildman–Crippen MR) is 133 cm³/mol. The van der Waals surface area contributed by atoms with Crippen LogP contribution in [0, 0.1) is 20.8 Å². The van der Waals surface area contributed by atoms with E-state index in [-0.39, 0.29) is 12.2 Å². The van der Waals surface area contributed by atoms with Crippen molar-refractivity contribution in [3.05, 3.63) is 84.7 Å². The Morgan fingerprint density at radius 2 is 1.88 bits per heavy atom. The second kappa shape index (κ2) is 9.36. The molecule has 0 fully saturated rings. The van der Waals surface area contributed by atoms with Crippen molar-refractivity contribution in [3.8, 4) is 11.5 Å². The third kappa shape index (κ3) is 4.65. The Morgan fingerprint density at radius 3 is 2.58 bits per heavy atom. The number of amides is 1. The molecule has 0 bridgehead atoms. The highest BCUT2D eigenvalue weighted by atomic mass is 79.9. The molecule has 0 saturated heterocycles. The van der Waals surface area contributed by atoms with Crippen molar-refractivity contribution in [1.29, 1.82) is 0 Å². The molecule has 0 aliphatic rings. The summed E-state index contributed by atoms with van der Waals surface area (Å²) < 4.78 is 13.4. The van der Waals surface area contributed by atoms with E-state index in [4.69, 9.17) is 9.47 Å². The van der Waals surface area contributed by atoms with Crippen molar-refractivity contribution in [2.24, 2.45) is 0 Å². The van der Waals surface area contributed by atoms with E-state index in [0.29, 0.717) is 38.7 Å². The molecule has 0 spiro atoms. The van der Waals surface area contributed by atoms with Crippen molar-refractivity contribution in [3.63, 3.8) is 0 Å². The quantitative estimate of drug-likeness (QED) is 0.376. The summed E-state index contributed by atoms with van der Waals surface area (Å²) in [7, 11) is 1.56. The molecule has 4 rings (SSSR count). The maximum Gasteiger partial charge on any atom is 0.281 e. The van der Waals surface area contributed by atoms with E-state index in [1.54, 1.807) is 32.2 Å². The van der Waals surface area contributed by atoms with Gasteiger partial charge >= 0.3 is 0 Å². The minimum Gasteiger partial charge on any atom is -0.496 e. The topological polar surface area (TPSA) is 82.5 Å². The molecule has 2 aromatic heterocycles. The molecule has 1 N–H and O–H groups in total. The van der Waals surface area contributed by atoms with Gasteiger partial charge in [-0.1, -0.05) is 15.9 Å². The summed E-state index contributed by atoms with van der Waals surface area (Å²) in [5, 5.41) is 0.529. The van der Waals surface area contributed by atoms with Gasteiger partial charge in [0.1, 0.15) is 28.8 Å². The molecule has 4 aromatic rings. The lowest BCUT2D eigenvalue weighted by molar-refractivity contribution is 0.101. The first-order valence-electron chi connectivity index (χ1n) is 10.1. The van der Waals surface area contributed by atoms with Crippen LogP contribution in [0.1, 0.15) is 32.2 Å². The molecule has 0 aliphatic carbocycles. The van der Waals surface area contributed by atoms with Gasteiger partial charge in [-0.3, -0.25) is 15.0 Å². The van der Waals surface area contributed by atoms with Crippen LogP contribution in [-0.2, 0) is 6.61 Å². The maximum atomic E-state index is 13.1. The molecule has 7 nitrogen and oxygen atoms in total. The second-order valence-corrected chi connectivity index (χ2v) is 9.59. The molecule has 1 amide bonds. The minimum atomic E-state index is -0.432. The van der Waals surface area contributed by atoms with E-state index in [1.165, 1.54) is 16.0 Å². The summed E-state index contributed by atoms with van der Waals surface area (Å²) in [6, 6.07) is 12.5. The van der Waals surface area contributed by atoms with E-state index in [1.807, 2.05) is 38.1 Å². The SMILES string of the molecule is COc1ccc(C(=O)Nn2c(C)nc3sc(C)c(C)c3c2=O)cc1COc1ccc(Br)cc1. The first-order valence-corrected chi connectivity index (χ1v) is 11.8. The molecular weight excluding hydrogens is 506 g/mol. The van der Waals surface area contributed by atoms with Crippen LogP contribution in [0.15, 0.2) is 51.7 Å². The van der Waals surface area contributed by atoms with Gasteiger partial charge < -0.3 is 9.47 Å². The van der Waals surface area contributed by atoms with Crippen LogP contribution in [0.5, 0.6) is 11.5 Å². The average Bonchev–Trinajstić information content (AvgIpc) is 3.08. The molecule has 170 valence electrons. The highest BCUT2D eigenvalue weighted by Gasteiger charge is 2.17. The number of thiophene rings is 1. The Balaban J connectivity index is 1.61. The molecule has 0 aliphatic heterocycles. The number of methoxy groups -OCH3 is 1. The second-order valence-electron chi connectivity index (χ2n) is 7.47. The van der Waals surface area contributed by atoms with Crippen LogP contribution in [0.2, 0.25) is 0 Å². The predicted octanol–water partition coefficient (Wildman–Crippen LogP) is 5.12. The Labute approximate surface area is 203 Å². The Bertz CT molecular complexity index is 1410. The zero-order valence-corrected chi connectivity index (χ0v) is 21.0. The third-order valence-corrected chi connectivity index (χ3v) is 6.96. The largest absolute Gasteiger partial charge is 0.496 e. The number of aromatic nitrogens is 2. The number of hydrogen-bond acceptors (Lipinski definition) is 6. The number of rotatable bonds is 6. The average molecular weight is 528 g/mol. The molecule has 9 heteroatoms. The fourth-order valence-electron chi connectivity index (χ4n) is 3.42. The summed E-state index contributed by atoms with van der Waals surface area (Å²) in [5.74, 6) is 1.27. The lowest BCUT2D eigenvalue weighted by Gasteiger charge is -2.14. The first kappa shape index (κ1) is 23.0. The Hall–Kier alpha value is -3.17. The van der Waals surface area contributed by atoms with Gasteiger partial charge in [-0.2, -0.15) is 0 Å². The van der Waals surface area contributed by atoms with Gasteiger partial charge in [-0.05, 0) is 68.8 Å². The number of nitrogens with one attached hydrogen (secondary N) is 1. The summed E-state index contributed by atoms with van der Waals surface area (Å²) >= 11 is 4.87. The maximum absolute atomic E-state index is 13.1. The van der Waals surface area contributed by atoms with Gasteiger partial charge in [0.15, 0.2) is 0 Å². The van der Waals surface area contributed by atoms with Crippen molar-refractivity contribution >= 4 is 43.4 Å². The number of carbonyl (C=O) groups excluding carboxylic acids is 1. The van der Waals surface area contributed by atoms with Crippen LogP contribution >= 0.6 is 27.3 Å². The van der Waals surface area contributed by atoms with Crippen LogP contribution in [0.25, 0.3) is 10.2 Å². The molecule has 0 atom stereocenters. The van der Waals surface area contributed by atoms with E-state index in [0.717, 1.165) is 14.9 Å². The van der Waals surface area contributed by atoms with E-state index >= 15 is 0 Å². The van der Waals surface area contributed by atoms with Crippen molar-refractivity contribution < 1.29 is 14.3 Å². The molecule has 2 aromatic carbocycles. The van der Waals surface area contributed by atoms with E-state index < -0.39 is 5.91 Å². The zero-order chi connectivity index (χ0) is 23.7. The highest BCUT2D eigenvalue weighted by molar-refractivity contribution is 9.10. The molecule has 2 heterocycles. The number of halogens is 1. The summed E-state index contributed by atoms with van der Waals surface area (Å²) in [4.78, 5) is 32.3. The van der Waals surface area contributed by atoms with Gasteiger partial charge in [0.2, 0.25) is 0 Å². The molecular formula is C24H22BrN3O4S. The number of aryl methyl sites for hydroxylation is 3. The van der Waals surface area contributed by atoms with Crippen molar-refractivity contribution in [2.75, 3.05) is 12.5 Å². The van der Waals surface area contributed by atoms with Crippen LogP contribution < -0.4 is 20.5 Å². The summed E-state index contributed by atoms with van der Waals surface area (Å²) in [6.07, 6.45) is 0. The van der Waals surface area contributed by atoms with Crippen molar-refractivity contribution in [2.45, 2.75) is 27.4 Å². The number of nitrogens with zero attached hydrogens (tertiary/aromatic N) is 2. The van der Waals surface area contributed by atoms with Gasteiger partial charge in [0, 0.05) is 20.5 Å². The minimum absolute atomic E-state index is 0.214. The smallest absolute Gasteiger partial charge is 0.281 e. The highest BCUT2D eigenvalue weighted by Crippen LogP contribution is 2.26. The summed E-state index contributed by atoms with van der Waals surface area (Å²) in [6.45, 7) is 5.75. The zero-order valence-electron chi connectivity index (χ0n) is 18.6. The van der Waals surface area contributed by atoms with Gasteiger partial charge in [0.25, 0.3) is 11.5 Å². The lowest BCUT2D eigenvalue weighted by atomic mass is 10.1. The number of benzene rings is 2. The van der Waals surface area contributed by atoms with Crippen LogP contribution in [0.4, 0.5) is 0 Å². The Kier molecular flexibility index (Phi) is 6.53. The number of hydrogen-bond donors (Lipinski definition) is 1. The fourth-order valence-corrected chi connectivity index (χ4v) is 4.75. The van der Waals surface area contributed by atoms with Crippen molar-refractivity contribution in [1.82, 2.24) is 9.66 Å². The van der Waals surface area contributed by atoms with Crippen LogP contribution in [-0.4, -0.2) is 22.7 Å². The van der Waals surface area contributed by atoms with Gasteiger partial charge in [-0.15, -0.1) is 11.3 Å². The molecule has 0 saturated carbocycles. The normalized spacial score (nSPS) is 10.9. The molecule has 0 radical (unpaired) electrons. The van der Waals surface area contributed by atoms with E-state index in [2.05, 4.69) is 26.3 Å². The van der Waals surface area contributed by atoms with Crippen LogP contribution in [0.3, 0.4) is 0 Å². The standard InChI is InChI=1S/C24H22BrN3O4S/c1-13-14(2)33-23-21(13)24(30)28(15(3)26-23)27-22(29)16-5-10-20(31-4)17(11-16)12-32-19-8-6-18(25)7-9-19/h5-11H,12H2,1-4H3,(H,27,29). The van der Waals surface area contributed by atoms with Gasteiger partial charge in [0.05, 0.1) is 12.5 Å². The number of ether oxygens (including phenoxy) is 2. The third-order valence-electron chi connectivity index (χ3n) is 5.33. The molecule has 33 heavy (non-hydrogen) atoms. The number of fused-ring (bicyclic) bond motifs is 1. The first-order chi connectivity index (χ1) is 15.8. The monoisotopic (exact) mass is 527 g/mol. The van der Waals surface area contributed by atoms with Gasteiger partial charge in [-0.25, -0.2) is 9.66 Å². The van der Waals surface area contributed by atoms with E-state index in [9.17, 15) is 9.59 Å². The number of carbonyl (C=O) groups is 1. The lowest BCUT2D eigenvalue weighted by Crippen LogP contribution is -2.35.